The van der Waals surface area contributed by atoms with Crippen molar-refractivity contribution in [2.45, 2.75) is 50.5 Å². The second-order valence-corrected chi connectivity index (χ2v) is 6.89. The van der Waals surface area contributed by atoms with Gasteiger partial charge in [0.1, 0.15) is 6.54 Å². The molecule has 5 nitrogen and oxygen atoms in total. The molecular weight excluding hydrogens is 427 g/mol. The van der Waals surface area contributed by atoms with Crippen LogP contribution < -0.4 is 16.0 Å². The molecule has 2 aliphatic rings. The lowest BCUT2D eigenvalue weighted by molar-refractivity contribution is -0.119. The molecule has 2 fully saturated rings. The van der Waals surface area contributed by atoms with Crippen LogP contribution in [0.15, 0.2) is 35.3 Å². The number of nitrogens with one attached hydrogen (secondary N) is 3. The fourth-order valence-corrected chi connectivity index (χ4v) is 3.21. The third kappa shape index (κ3) is 5.59. The highest BCUT2D eigenvalue weighted by Crippen LogP contribution is 2.43. The van der Waals surface area contributed by atoms with Crippen molar-refractivity contribution in [3.8, 4) is 0 Å². The monoisotopic (exact) mass is 456 g/mol. The second-order valence-electron chi connectivity index (χ2n) is 6.89. The molecule has 25 heavy (non-hydrogen) atoms. The first-order valence-electron chi connectivity index (χ1n) is 9.09. The van der Waals surface area contributed by atoms with Gasteiger partial charge in [-0.05, 0) is 38.2 Å². The minimum atomic E-state index is 0. The average molecular weight is 456 g/mol. The molecule has 0 spiro atoms. The lowest BCUT2D eigenvalue weighted by Gasteiger charge is -2.43. The summed E-state index contributed by atoms with van der Waals surface area (Å²) in [5.41, 5.74) is 1.60. The van der Waals surface area contributed by atoms with Crippen LogP contribution >= 0.6 is 24.0 Å². The molecule has 3 N–H and O–H groups in total. The van der Waals surface area contributed by atoms with Crippen molar-refractivity contribution >= 4 is 35.8 Å². The molecule has 1 aromatic carbocycles. The number of hydrogen-bond donors (Lipinski definition) is 3. The molecule has 0 saturated heterocycles. The Bertz CT molecular complexity index is 582. The van der Waals surface area contributed by atoms with Gasteiger partial charge >= 0.3 is 0 Å². The van der Waals surface area contributed by atoms with Gasteiger partial charge in [-0.1, -0.05) is 36.8 Å². The van der Waals surface area contributed by atoms with Crippen LogP contribution in [0.2, 0.25) is 0 Å². The number of benzene rings is 1. The summed E-state index contributed by atoms with van der Waals surface area (Å²) in [6, 6.07) is 11.1. The zero-order valence-corrected chi connectivity index (χ0v) is 17.2. The van der Waals surface area contributed by atoms with Crippen molar-refractivity contribution in [3.05, 3.63) is 35.9 Å². The highest BCUT2D eigenvalue weighted by Gasteiger charge is 2.38. The summed E-state index contributed by atoms with van der Waals surface area (Å²) in [7, 11) is 0. The largest absolute Gasteiger partial charge is 0.357 e. The minimum Gasteiger partial charge on any atom is -0.357 e. The van der Waals surface area contributed by atoms with Gasteiger partial charge in [-0.3, -0.25) is 4.79 Å². The number of rotatable bonds is 7. The fourth-order valence-electron chi connectivity index (χ4n) is 3.21. The fraction of sp³-hybridized carbons (Fsp3) is 0.579. The van der Waals surface area contributed by atoms with E-state index < -0.39 is 0 Å². The summed E-state index contributed by atoms with van der Waals surface area (Å²) >= 11 is 0. The number of hydrogen-bond acceptors (Lipinski definition) is 2. The molecule has 1 amide bonds. The molecule has 0 unspecified atom stereocenters. The van der Waals surface area contributed by atoms with Crippen molar-refractivity contribution in [3.63, 3.8) is 0 Å². The van der Waals surface area contributed by atoms with E-state index in [9.17, 15) is 4.79 Å². The van der Waals surface area contributed by atoms with E-state index in [-0.39, 0.29) is 41.8 Å². The summed E-state index contributed by atoms with van der Waals surface area (Å²) < 4.78 is 0. The van der Waals surface area contributed by atoms with Crippen LogP contribution in [0.4, 0.5) is 0 Å². The highest BCUT2D eigenvalue weighted by molar-refractivity contribution is 14.0. The van der Waals surface area contributed by atoms with Gasteiger partial charge in [0.2, 0.25) is 5.91 Å². The summed E-state index contributed by atoms with van der Waals surface area (Å²) in [5, 5.41) is 9.65. The Kier molecular flexibility index (Phi) is 7.53. The van der Waals surface area contributed by atoms with Crippen molar-refractivity contribution < 1.29 is 4.79 Å². The van der Waals surface area contributed by atoms with E-state index in [0.717, 1.165) is 31.9 Å². The number of amides is 1. The molecule has 1 aromatic rings. The third-order valence-electron chi connectivity index (χ3n) is 4.96. The first-order chi connectivity index (χ1) is 11.7. The van der Waals surface area contributed by atoms with Gasteiger partial charge < -0.3 is 16.0 Å². The lowest BCUT2D eigenvalue weighted by Crippen LogP contribution is -2.49. The summed E-state index contributed by atoms with van der Waals surface area (Å²) in [6.07, 6.45) is 5.88. The zero-order chi connectivity index (χ0) is 16.8. The number of guanidine groups is 1. The van der Waals surface area contributed by atoms with Gasteiger partial charge in [-0.25, -0.2) is 4.99 Å². The second kappa shape index (κ2) is 9.40. The van der Waals surface area contributed by atoms with Crippen LogP contribution in [-0.4, -0.2) is 37.5 Å². The Morgan fingerprint density at radius 3 is 2.48 bits per heavy atom. The molecule has 0 atom stereocenters. The quantitative estimate of drug-likeness (QED) is 0.336. The lowest BCUT2D eigenvalue weighted by atomic mass is 9.64. The first-order valence-corrected chi connectivity index (χ1v) is 9.09. The Morgan fingerprint density at radius 1 is 1.20 bits per heavy atom. The molecule has 3 rings (SSSR count). The van der Waals surface area contributed by atoms with E-state index >= 15 is 0 Å². The molecule has 6 heteroatoms. The number of carbonyl (C=O) groups is 1. The number of nitrogens with zero attached hydrogens (tertiary/aromatic N) is 1. The summed E-state index contributed by atoms with van der Waals surface area (Å²) in [5.74, 6) is 0.738. The average Bonchev–Trinajstić information content (AvgIpc) is 3.36. The van der Waals surface area contributed by atoms with E-state index in [4.69, 9.17) is 0 Å². The van der Waals surface area contributed by atoms with Crippen molar-refractivity contribution in [1.29, 1.82) is 0 Å². The zero-order valence-electron chi connectivity index (χ0n) is 14.9. The Morgan fingerprint density at radius 2 is 1.92 bits per heavy atom. The van der Waals surface area contributed by atoms with Crippen LogP contribution in [0, 0.1) is 0 Å². The SMILES string of the molecule is CCNC(=NCC(=O)NC1CC1)NCC1(c2ccccc2)CCC1.I. The van der Waals surface area contributed by atoms with E-state index in [1.54, 1.807) is 0 Å². The van der Waals surface area contributed by atoms with E-state index in [1.165, 1.54) is 24.8 Å². The van der Waals surface area contributed by atoms with Gasteiger partial charge in [-0.15, -0.1) is 24.0 Å². The number of carbonyl (C=O) groups excluding carboxylic acids is 1. The first kappa shape index (κ1) is 20.0. The van der Waals surface area contributed by atoms with Crippen LogP contribution in [0.3, 0.4) is 0 Å². The molecule has 0 aliphatic heterocycles. The third-order valence-corrected chi connectivity index (χ3v) is 4.96. The Balaban J connectivity index is 0.00000225. The van der Waals surface area contributed by atoms with Crippen molar-refractivity contribution in [1.82, 2.24) is 16.0 Å². The maximum Gasteiger partial charge on any atom is 0.242 e. The minimum absolute atomic E-state index is 0. The van der Waals surface area contributed by atoms with Crippen LogP contribution in [0.25, 0.3) is 0 Å². The molecule has 2 saturated carbocycles. The van der Waals surface area contributed by atoms with E-state index in [1.807, 2.05) is 6.92 Å². The summed E-state index contributed by atoms with van der Waals surface area (Å²) in [4.78, 5) is 16.3. The smallest absolute Gasteiger partial charge is 0.242 e. The standard InChI is InChI=1S/C19H28N4O.HI/c1-2-20-18(21-13-17(24)23-16-9-10-16)22-14-19(11-6-12-19)15-7-4-3-5-8-15;/h3-5,7-8,16H,2,6,9-14H2,1H3,(H,23,24)(H2,20,21,22);1H. The van der Waals surface area contributed by atoms with Gasteiger partial charge in [-0.2, -0.15) is 0 Å². The molecule has 2 aliphatic carbocycles. The van der Waals surface area contributed by atoms with Crippen LogP contribution in [0.5, 0.6) is 0 Å². The van der Waals surface area contributed by atoms with Gasteiger partial charge in [0.15, 0.2) is 5.96 Å². The van der Waals surface area contributed by atoms with E-state index in [0.29, 0.717) is 6.04 Å². The predicted molar refractivity (Wildman–Crippen MR) is 113 cm³/mol. The topological polar surface area (TPSA) is 65.5 Å². The molecular formula is C19H29IN4O. The van der Waals surface area contributed by atoms with Crippen LogP contribution in [0.1, 0.15) is 44.6 Å². The van der Waals surface area contributed by atoms with Crippen molar-refractivity contribution in [2.24, 2.45) is 4.99 Å². The maximum atomic E-state index is 11.8. The highest BCUT2D eigenvalue weighted by atomic mass is 127. The van der Waals surface area contributed by atoms with Crippen LogP contribution in [-0.2, 0) is 10.2 Å². The predicted octanol–water partition coefficient (Wildman–Crippen LogP) is 2.56. The Hall–Kier alpha value is -1.31. The van der Waals surface area contributed by atoms with E-state index in [2.05, 4.69) is 51.3 Å². The maximum absolute atomic E-state index is 11.8. The van der Waals surface area contributed by atoms with Crippen molar-refractivity contribution in [2.75, 3.05) is 19.6 Å². The Labute approximate surface area is 167 Å². The number of aliphatic imine (C=N–C) groups is 1. The molecule has 0 heterocycles. The molecule has 138 valence electrons. The van der Waals surface area contributed by atoms with Gasteiger partial charge in [0.25, 0.3) is 0 Å². The normalized spacial score (nSPS) is 18.5. The van der Waals surface area contributed by atoms with Gasteiger partial charge in [0, 0.05) is 24.5 Å². The number of halogens is 1. The molecule has 0 aromatic heterocycles. The molecule has 0 bridgehead atoms. The molecule has 0 radical (unpaired) electrons. The van der Waals surface area contributed by atoms with Gasteiger partial charge in [0.05, 0.1) is 0 Å². The summed E-state index contributed by atoms with van der Waals surface area (Å²) in [6.45, 7) is 3.86.